The van der Waals surface area contributed by atoms with E-state index in [-0.39, 0.29) is 0 Å². The number of halogens is 1. The Balaban J connectivity index is 2.49. The lowest BCUT2D eigenvalue weighted by molar-refractivity contribution is 0.561. The Labute approximate surface area is 106 Å². The first kappa shape index (κ1) is 13.4. The van der Waals surface area contributed by atoms with Crippen molar-refractivity contribution in [2.24, 2.45) is 0 Å². The van der Waals surface area contributed by atoms with E-state index in [1.165, 1.54) is 32.1 Å². The molecule has 0 aliphatic carbocycles. The van der Waals surface area contributed by atoms with Crippen LogP contribution >= 0.6 is 15.9 Å². The zero-order valence-electron chi connectivity index (χ0n) is 10.0. The van der Waals surface area contributed by atoms with Crippen molar-refractivity contribution in [1.82, 2.24) is 9.97 Å². The quantitative estimate of drug-likeness (QED) is 0.823. The molecule has 1 aromatic heterocycles. The average molecular weight is 286 g/mol. The Kier molecular flexibility index (Phi) is 6.38. The lowest BCUT2D eigenvalue weighted by Crippen LogP contribution is -2.20. The van der Waals surface area contributed by atoms with Gasteiger partial charge in [0.15, 0.2) is 0 Å². The van der Waals surface area contributed by atoms with E-state index < -0.39 is 0 Å². The predicted molar refractivity (Wildman–Crippen MR) is 71.6 cm³/mol. The Morgan fingerprint density at radius 3 is 2.44 bits per heavy atom. The van der Waals surface area contributed by atoms with E-state index in [0.717, 1.165) is 10.4 Å². The first-order valence-electron chi connectivity index (χ1n) is 6.00. The van der Waals surface area contributed by atoms with Crippen molar-refractivity contribution in [2.45, 2.75) is 52.0 Å². The largest absolute Gasteiger partial charge is 0.351 e. The highest BCUT2D eigenvalue weighted by atomic mass is 79.9. The van der Waals surface area contributed by atoms with Crippen LogP contribution in [0.25, 0.3) is 0 Å². The van der Waals surface area contributed by atoms with Crippen molar-refractivity contribution in [1.29, 1.82) is 0 Å². The highest BCUT2D eigenvalue weighted by Gasteiger charge is 2.08. The molecule has 4 heteroatoms. The number of nitrogens with zero attached hydrogens (tertiary/aromatic N) is 2. The molecular weight excluding hydrogens is 266 g/mol. The Morgan fingerprint density at radius 1 is 1.19 bits per heavy atom. The van der Waals surface area contributed by atoms with Crippen LogP contribution in [0.5, 0.6) is 0 Å². The second-order valence-electron chi connectivity index (χ2n) is 4.00. The van der Waals surface area contributed by atoms with Crippen LogP contribution in [-0.4, -0.2) is 16.0 Å². The molecule has 0 fully saturated rings. The minimum atomic E-state index is 0.506. The third kappa shape index (κ3) is 4.92. The summed E-state index contributed by atoms with van der Waals surface area (Å²) in [5.74, 6) is 0.734. The summed E-state index contributed by atoms with van der Waals surface area (Å²) in [5, 5.41) is 3.40. The summed E-state index contributed by atoms with van der Waals surface area (Å²) < 4.78 is 0.915. The van der Waals surface area contributed by atoms with Gasteiger partial charge in [0, 0.05) is 18.4 Å². The fourth-order valence-corrected chi connectivity index (χ4v) is 1.86. The molecule has 0 aliphatic heterocycles. The summed E-state index contributed by atoms with van der Waals surface area (Å²) in [6.07, 6.45) is 9.62. The van der Waals surface area contributed by atoms with Crippen LogP contribution in [0.3, 0.4) is 0 Å². The number of nitrogens with one attached hydrogen (secondary N) is 1. The van der Waals surface area contributed by atoms with Gasteiger partial charge in [-0.3, -0.25) is 0 Å². The molecule has 16 heavy (non-hydrogen) atoms. The SMILES string of the molecule is CCCCC(CCC)Nc1ncc(Br)cn1. The molecule has 1 heterocycles. The zero-order chi connectivity index (χ0) is 11.8. The van der Waals surface area contributed by atoms with Gasteiger partial charge < -0.3 is 5.32 Å². The van der Waals surface area contributed by atoms with Crippen molar-refractivity contribution < 1.29 is 0 Å². The summed E-state index contributed by atoms with van der Waals surface area (Å²) in [6, 6.07) is 0.506. The normalized spacial score (nSPS) is 12.4. The fourth-order valence-electron chi connectivity index (χ4n) is 1.66. The van der Waals surface area contributed by atoms with Crippen molar-refractivity contribution >= 4 is 21.9 Å². The summed E-state index contributed by atoms with van der Waals surface area (Å²) in [5.41, 5.74) is 0. The van der Waals surface area contributed by atoms with Gasteiger partial charge >= 0.3 is 0 Å². The predicted octanol–water partition coefficient (Wildman–Crippen LogP) is 4.01. The van der Waals surface area contributed by atoms with Crippen LogP contribution in [-0.2, 0) is 0 Å². The van der Waals surface area contributed by atoms with E-state index >= 15 is 0 Å². The minimum absolute atomic E-state index is 0.506. The summed E-state index contributed by atoms with van der Waals surface area (Å²) in [7, 11) is 0. The van der Waals surface area contributed by atoms with E-state index in [2.05, 4.69) is 45.1 Å². The molecule has 1 unspecified atom stereocenters. The Morgan fingerprint density at radius 2 is 1.88 bits per heavy atom. The van der Waals surface area contributed by atoms with E-state index in [1.54, 1.807) is 12.4 Å². The summed E-state index contributed by atoms with van der Waals surface area (Å²) >= 11 is 3.33. The number of rotatable bonds is 7. The lowest BCUT2D eigenvalue weighted by atomic mass is 10.1. The molecule has 1 rings (SSSR count). The topological polar surface area (TPSA) is 37.8 Å². The Bertz CT molecular complexity index is 287. The van der Waals surface area contributed by atoms with Crippen molar-refractivity contribution in [3.05, 3.63) is 16.9 Å². The summed E-state index contributed by atoms with van der Waals surface area (Å²) in [6.45, 7) is 4.43. The molecular formula is C12H20BrN3. The highest BCUT2D eigenvalue weighted by Crippen LogP contribution is 2.13. The van der Waals surface area contributed by atoms with E-state index in [0.29, 0.717) is 6.04 Å². The van der Waals surface area contributed by atoms with Gasteiger partial charge in [0.25, 0.3) is 0 Å². The maximum Gasteiger partial charge on any atom is 0.222 e. The van der Waals surface area contributed by atoms with Gasteiger partial charge in [0.1, 0.15) is 0 Å². The maximum atomic E-state index is 4.24. The first-order chi connectivity index (χ1) is 7.76. The second-order valence-corrected chi connectivity index (χ2v) is 4.91. The standard InChI is InChI=1S/C12H20BrN3/c1-3-5-7-11(6-4-2)16-12-14-8-10(13)9-15-12/h8-9,11H,3-7H2,1-2H3,(H,14,15,16). The van der Waals surface area contributed by atoms with Gasteiger partial charge in [-0.15, -0.1) is 0 Å². The van der Waals surface area contributed by atoms with Gasteiger partial charge in [-0.25, -0.2) is 9.97 Å². The van der Waals surface area contributed by atoms with Crippen LogP contribution in [0.4, 0.5) is 5.95 Å². The zero-order valence-corrected chi connectivity index (χ0v) is 11.6. The third-order valence-electron chi connectivity index (χ3n) is 2.50. The average Bonchev–Trinajstić information content (AvgIpc) is 2.29. The molecule has 0 radical (unpaired) electrons. The van der Waals surface area contributed by atoms with Gasteiger partial charge in [-0.05, 0) is 28.8 Å². The van der Waals surface area contributed by atoms with Gasteiger partial charge in [0.2, 0.25) is 5.95 Å². The van der Waals surface area contributed by atoms with E-state index in [4.69, 9.17) is 0 Å². The maximum absolute atomic E-state index is 4.24. The number of anilines is 1. The van der Waals surface area contributed by atoms with E-state index in [9.17, 15) is 0 Å². The van der Waals surface area contributed by atoms with Crippen LogP contribution in [0.2, 0.25) is 0 Å². The Hall–Kier alpha value is -0.640. The molecule has 1 atom stereocenters. The smallest absolute Gasteiger partial charge is 0.222 e. The molecule has 1 aromatic rings. The molecule has 0 amide bonds. The lowest BCUT2D eigenvalue weighted by Gasteiger charge is -2.17. The fraction of sp³-hybridized carbons (Fsp3) is 0.667. The molecule has 0 saturated carbocycles. The molecule has 0 bridgehead atoms. The number of hydrogen-bond donors (Lipinski definition) is 1. The van der Waals surface area contributed by atoms with Crippen LogP contribution in [0.1, 0.15) is 46.0 Å². The highest BCUT2D eigenvalue weighted by molar-refractivity contribution is 9.10. The molecule has 0 aromatic carbocycles. The molecule has 90 valence electrons. The van der Waals surface area contributed by atoms with Gasteiger partial charge in [-0.1, -0.05) is 33.1 Å². The van der Waals surface area contributed by atoms with Crippen LogP contribution in [0.15, 0.2) is 16.9 Å². The monoisotopic (exact) mass is 285 g/mol. The molecule has 3 nitrogen and oxygen atoms in total. The minimum Gasteiger partial charge on any atom is -0.351 e. The number of hydrogen-bond acceptors (Lipinski definition) is 3. The van der Waals surface area contributed by atoms with Crippen molar-refractivity contribution in [3.63, 3.8) is 0 Å². The van der Waals surface area contributed by atoms with Gasteiger partial charge in [-0.2, -0.15) is 0 Å². The molecule has 0 saturated heterocycles. The molecule has 0 spiro atoms. The van der Waals surface area contributed by atoms with Crippen LogP contribution < -0.4 is 5.32 Å². The molecule has 1 N–H and O–H groups in total. The number of unbranched alkanes of at least 4 members (excludes halogenated alkanes) is 1. The van der Waals surface area contributed by atoms with Gasteiger partial charge in [0.05, 0.1) is 4.47 Å². The molecule has 0 aliphatic rings. The van der Waals surface area contributed by atoms with Crippen molar-refractivity contribution in [3.8, 4) is 0 Å². The van der Waals surface area contributed by atoms with Crippen molar-refractivity contribution in [2.75, 3.05) is 5.32 Å². The van der Waals surface area contributed by atoms with Crippen LogP contribution in [0, 0.1) is 0 Å². The third-order valence-corrected chi connectivity index (χ3v) is 2.91. The van der Waals surface area contributed by atoms with E-state index in [1.807, 2.05) is 0 Å². The second kappa shape index (κ2) is 7.60. The number of aromatic nitrogens is 2. The summed E-state index contributed by atoms with van der Waals surface area (Å²) in [4.78, 5) is 8.48. The first-order valence-corrected chi connectivity index (χ1v) is 6.79.